The van der Waals surface area contributed by atoms with Crippen LogP contribution in [-0.4, -0.2) is 76.5 Å². The maximum atomic E-state index is 12.6. The molecule has 0 aromatic rings. The van der Waals surface area contributed by atoms with E-state index in [1.165, 1.54) is 0 Å². The van der Waals surface area contributed by atoms with Crippen molar-refractivity contribution in [3.05, 3.63) is 0 Å². The van der Waals surface area contributed by atoms with Crippen LogP contribution in [0.25, 0.3) is 0 Å². The molecule has 4 unspecified atom stereocenters. The van der Waals surface area contributed by atoms with E-state index in [1.54, 1.807) is 13.8 Å². The molecular formula is C17H30N6O8. The van der Waals surface area contributed by atoms with E-state index in [4.69, 9.17) is 22.3 Å². The average Bonchev–Trinajstić information content (AvgIpc) is 2.66. The fourth-order valence-corrected chi connectivity index (χ4v) is 2.27. The number of primary amides is 2. The van der Waals surface area contributed by atoms with Crippen molar-refractivity contribution in [3.8, 4) is 0 Å². The van der Waals surface area contributed by atoms with Crippen molar-refractivity contribution in [1.82, 2.24) is 16.0 Å². The summed E-state index contributed by atoms with van der Waals surface area (Å²) in [5.74, 6) is -6.28. The Morgan fingerprint density at radius 1 is 0.806 bits per heavy atom. The molecule has 11 N–H and O–H groups in total. The fourth-order valence-electron chi connectivity index (χ4n) is 2.27. The number of aliphatic carboxylic acids is 1. The van der Waals surface area contributed by atoms with Gasteiger partial charge in [0.2, 0.25) is 29.5 Å². The van der Waals surface area contributed by atoms with Crippen LogP contribution in [0, 0.1) is 5.92 Å². The standard InChI is InChI=1S/C17H30N6O8/c1-7(2)13(20)16(29)21-8(3-4-11(18)25)14(27)23-10(6-24)15(28)22-9(17(30)31)5-12(19)26/h7-10,13,24H,3-6,20H2,1-2H3,(H2,18,25)(H2,19,26)(H,21,29)(H,22,28)(H,23,27)(H,30,31). The molecule has 31 heavy (non-hydrogen) atoms. The van der Waals surface area contributed by atoms with Crippen molar-refractivity contribution >= 4 is 35.5 Å². The predicted octanol–water partition coefficient (Wildman–Crippen LogP) is -4.36. The normalized spacial score (nSPS) is 14.6. The molecule has 0 aliphatic heterocycles. The molecule has 14 heteroatoms. The zero-order valence-corrected chi connectivity index (χ0v) is 17.3. The highest BCUT2D eigenvalue weighted by molar-refractivity contribution is 5.95. The van der Waals surface area contributed by atoms with Gasteiger partial charge < -0.3 is 43.4 Å². The van der Waals surface area contributed by atoms with E-state index in [0.29, 0.717) is 0 Å². The van der Waals surface area contributed by atoms with E-state index in [9.17, 15) is 33.9 Å². The molecular weight excluding hydrogens is 416 g/mol. The van der Waals surface area contributed by atoms with Gasteiger partial charge in [-0.1, -0.05) is 13.8 Å². The average molecular weight is 446 g/mol. The van der Waals surface area contributed by atoms with Gasteiger partial charge in [0.15, 0.2) is 0 Å². The Morgan fingerprint density at radius 3 is 1.71 bits per heavy atom. The van der Waals surface area contributed by atoms with Gasteiger partial charge >= 0.3 is 5.97 Å². The maximum Gasteiger partial charge on any atom is 0.326 e. The molecule has 4 atom stereocenters. The minimum absolute atomic E-state index is 0.211. The van der Waals surface area contributed by atoms with Crippen LogP contribution < -0.4 is 33.2 Å². The molecule has 176 valence electrons. The molecule has 5 amide bonds. The van der Waals surface area contributed by atoms with Crippen LogP contribution in [0.4, 0.5) is 0 Å². The summed E-state index contributed by atoms with van der Waals surface area (Å²) in [6, 6.07) is -5.56. The van der Waals surface area contributed by atoms with Crippen molar-refractivity contribution in [3.63, 3.8) is 0 Å². The fraction of sp³-hybridized carbons (Fsp3) is 0.647. The molecule has 0 rings (SSSR count). The van der Waals surface area contributed by atoms with Crippen LogP contribution in [0.5, 0.6) is 0 Å². The molecule has 14 nitrogen and oxygen atoms in total. The Kier molecular flexibility index (Phi) is 11.7. The van der Waals surface area contributed by atoms with Crippen LogP contribution in [0.3, 0.4) is 0 Å². The Balaban J connectivity index is 5.32. The quantitative estimate of drug-likeness (QED) is 0.128. The minimum Gasteiger partial charge on any atom is -0.480 e. The van der Waals surface area contributed by atoms with Gasteiger partial charge in [0.05, 0.1) is 19.1 Å². The number of amides is 5. The Bertz CT molecular complexity index is 698. The molecule has 0 aliphatic rings. The number of aliphatic hydroxyl groups excluding tert-OH is 1. The maximum absolute atomic E-state index is 12.6. The van der Waals surface area contributed by atoms with Gasteiger partial charge in [-0.2, -0.15) is 0 Å². The second-order valence-electron chi connectivity index (χ2n) is 7.15. The summed E-state index contributed by atoms with van der Waals surface area (Å²) in [6.45, 7) is 2.43. The molecule has 0 bridgehead atoms. The largest absolute Gasteiger partial charge is 0.480 e. The Labute approximate surface area is 178 Å². The van der Waals surface area contributed by atoms with Crippen molar-refractivity contribution in [2.24, 2.45) is 23.1 Å². The van der Waals surface area contributed by atoms with Gasteiger partial charge in [-0.3, -0.25) is 24.0 Å². The first kappa shape index (κ1) is 27.7. The summed E-state index contributed by atoms with van der Waals surface area (Å²) >= 11 is 0. The third-order valence-electron chi connectivity index (χ3n) is 4.17. The third kappa shape index (κ3) is 10.4. The van der Waals surface area contributed by atoms with Crippen molar-refractivity contribution in [1.29, 1.82) is 0 Å². The molecule has 0 saturated carbocycles. The van der Waals surface area contributed by atoms with E-state index in [0.717, 1.165) is 0 Å². The minimum atomic E-state index is -1.68. The van der Waals surface area contributed by atoms with Crippen molar-refractivity contribution in [2.75, 3.05) is 6.61 Å². The topological polar surface area (TPSA) is 257 Å². The van der Waals surface area contributed by atoms with Crippen LogP contribution in [0.15, 0.2) is 0 Å². The lowest BCUT2D eigenvalue weighted by Gasteiger charge is -2.24. The first-order valence-electron chi connectivity index (χ1n) is 9.37. The molecule has 0 radical (unpaired) electrons. The van der Waals surface area contributed by atoms with Crippen LogP contribution in [0.1, 0.15) is 33.1 Å². The number of nitrogens with one attached hydrogen (secondary N) is 3. The summed E-state index contributed by atoms with van der Waals surface area (Å²) in [5.41, 5.74) is 15.7. The molecule has 0 aliphatic carbocycles. The Morgan fingerprint density at radius 2 is 1.29 bits per heavy atom. The molecule has 0 aromatic carbocycles. The van der Waals surface area contributed by atoms with Gasteiger partial charge in [-0.05, 0) is 12.3 Å². The number of aliphatic hydroxyl groups is 1. The molecule has 0 saturated heterocycles. The van der Waals surface area contributed by atoms with Crippen LogP contribution >= 0.6 is 0 Å². The van der Waals surface area contributed by atoms with Gasteiger partial charge in [0.1, 0.15) is 18.1 Å². The summed E-state index contributed by atoms with van der Waals surface area (Å²) in [7, 11) is 0. The number of hydrogen-bond acceptors (Lipinski definition) is 8. The summed E-state index contributed by atoms with van der Waals surface area (Å²) < 4.78 is 0. The summed E-state index contributed by atoms with van der Waals surface area (Å²) in [4.78, 5) is 70.1. The van der Waals surface area contributed by atoms with Gasteiger partial charge in [0, 0.05) is 6.42 Å². The molecule has 0 heterocycles. The zero-order chi connectivity index (χ0) is 24.3. The molecule has 0 spiro atoms. The lowest BCUT2D eigenvalue weighted by atomic mass is 10.0. The third-order valence-corrected chi connectivity index (χ3v) is 4.17. The smallest absolute Gasteiger partial charge is 0.326 e. The monoisotopic (exact) mass is 446 g/mol. The SMILES string of the molecule is CC(C)C(N)C(=O)NC(CCC(N)=O)C(=O)NC(CO)C(=O)NC(CC(N)=O)C(=O)O. The highest BCUT2D eigenvalue weighted by Gasteiger charge is 2.31. The number of carboxylic acid groups (broad SMARTS) is 1. The number of carbonyl (C=O) groups is 6. The molecule has 0 aromatic heterocycles. The van der Waals surface area contributed by atoms with E-state index >= 15 is 0 Å². The number of carboxylic acids is 1. The van der Waals surface area contributed by atoms with E-state index < -0.39 is 72.7 Å². The van der Waals surface area contributed by atoms with E-state index in [1.807, 2.05) is 5.32 Å². The zero-order valence-electron chi connectivity index (χ0n) is 17.3. The van der Waals surface area contributed by atoms with Crippen molar-refractivity contribution < 1.29 is 39.0 Å². The first-order valence-corrected chi connectivity index (χ1v) is 9.37. The lowest BCUT2D eigenvalue weighted by molar-refractivity contribution is -0.144. The highest BCUT2D eigenvalue weighted by Crippen LogP contribution is 2.03. The number of rotatable bonds is 14. The van der Waals surface area contributed by atoms with Crippen molar-refractivity contribution in [2.45, 2.75) is 57.3 Å². The molecule has 0 fully saturated rings. The summed E-state index contributed by atoms with van der Waals surface area (Å²) in [6.07, 6.45) is -1.20. The Hall–Kier alpha value is -3.26. The van der Waals surface area contributed by atoms with Crippen LogP contribution in [0.2, 0.25) is 0 Å². The first-order chi connectivity index (χ1) is 14.3. The predicted molar refractivity (Wildman–Crippen MR) is 106 cm³/mol. The summed E-state index contributed by atoms with van der Waals surface area (Å²) in [5, 5.41) is 24.9. The number of nitrogens with two attached hydrogens (primary N) is 3. The van der Waals surface area contributed by atoms with Gasteiger partial charge in [-0.15, -0.1) is 0 Å². The second-order valence-corrected chi connectivity index (χ2v) is 7.15. The highest BCUT2D eigenvalue weighted by atomic mass is 16.4. The lowest BCUT2D eigenvalue weighted by Crippen LogP contribution is -2.58. The number of carbonyl (C=O) groups excluding carboxylic acids is 5. The second kappa shape index (κ2) is 13.1. The van der Waals surface area contributed by atoms with E-state index in [2.05, 4.69) is 10.6 Å². The van der Waals surface area contributed by atoms with Gasteiger partial charge in [0.25, 0.3) is 0 Å². The van der Waals surface area contributed by atoms with Crippen LogP contribution in [-0.2, 0) is 28.8 Å². The van der Waals surface area contributed by atoms with E-state index in [-0.39, 0.29) is 18.8 Å². The number of hydrogen-bond donors (Lipinski definition) is 8. The van der Waals surface area contributed by atoms with Gasteiger partial charge in [-0.25, -0.2) is 4.79 Å².